The van der Waals surface area contributed by atoms with E-state index < -0.39 is 0 Å². The third-order valence-corrected chi connectivity index (χ3v) is 5.76. The molecule has 0 bridgehead atoms. The summed E-state index contributed by atoms with van der Waals surface area (Å²) in [6, 6.07) is 12.4. The molecule has 0 saturated heterocycles. The molecule has 1 heterocycles. The molecular weight excluding hydrogens is 434 g/mol. The Morgan fingerprint density at radius 1 is 1.00 bits per heavy atom. The van der Waals surface area contributed by atoms with Crippen LogP contribution in [0.4, 0.5) is 5.69 Å². The van der Waals surface area contributed by atoms with E-state index in [0.29, 0.717) is 52.6 Å². The van der Waals surface area contributed by atoms with Crippen LogP contribution in [0.5, 0.6) is 11.5 Å². The molecule has 8 heteroatoms. The lowest BCUT2D eigenvalue weighted by atomic mass is 9.93. The van der Waals surface area contributed by atoms with Crippen molar-refractivity contribution in [3.63, 3.8) is 0 Å². The molecule has 0 spiro atoms. The number of carbonyl (C=O) groups is 2. The largest absolute Gasteiger partial charge is 0.497 e. The zero-order valence-corrected chi connectivity index (χ0v) is 19.7. The summed E-state index contributed by atoms with van der Waals surface area (Å²) in [7, 11) is 3.10. The number of hydrogen-bond donors (Lipinski definition) is 2. The van der Waals surface area contributed by atoms with E-state index in [9.17, 15) is 9.59 Å². The molecule has 0 unspecified atom stereocenters. The zero-order chi connectivity index (χ0) is 24.2. The molecule has 0 radical (unpaired) electrons. The van der Waals surface area contributed by atoms with E-state index in [2.05, 4.69) is 15.8 Å². The van der Waals surface area contributed by atoms with Gasteiger partial charge in [0.2, 0.25) is 0 Å². The lowest BCUT2D eigenvalue weighted by Gasteiger charge is -2.13. The van der Waals surface area contributed by atoms with Gasteiger partial charge in [0.15, 0.2) is 5.76 Å². The normalized spacial score (nSPS) is 13.8. The number of ether oxygens (including phenoxy) is 2. The average molecular weight is 462 g/mol. The quantitative estimate of drug-likeness (QED) is 0.521. The number of benzene rings is 2. The minimum Gasteiger partial charge on any atom is -0.497 e. The molecule has 0 saturated carbocycles. The Morgan fingerprint density at radius 3 is 2.59 bits per heavy atom. The molecule has 0 aliphatic heterocycles. The Hall–Kier alpha value is -4.07. The molecule has 4 rings (SSSR count). The zero-order valence-electron chi connectivity index (χ0n) is 19.7. The van der Waals surface area contributed by atoms with E-state index >= 15 is 0 Å². The number of nitrogens with zero attached hydrogens (tertiary/aromatic N) is 1. The van der Waals surface area contributed by atoms with Crippen LogP contribution >= 0.6 is 0 Å². The Bertz CT molecular complexity index is 1280. The number of hydrazone groups is 1. The van der Waals surface area contributed by atoms with Gasteiger partial charge >= 0.3 is 0 Å². The summed E-state index contributed by atoms with van der Waals surface area (Å²) in [5.74, 6) is 1.36. The molecule has 176 valence electrons. The van der Waals surface area contributed by atoms with Crippen molar-refractivity contribution in [2.24, 2.45) is 5.10 Å². The van der Waals surface area contributed by atoms with Crippen molar-refractivity contribution in [3.05, 3.63) is 76.2 Å². The van der Waals surface area contributed by atoms with Crippen molar-refractivity contribution in [2.45, 2.75) is 33.1 Å². The number of amides is 2. The summed E-state index contributed by atoms with van der Waals surface area (Å²) in [4.78, 5) is 25.7. The summed E-state index contributed by atoms with van der Waals surface area (Å²) in [5.41, 5.74) is 6.78. The first-order valence-corrected chi connectivity index (χ1v) is 11.0. The lowest BCUT2D eigenvalue weighted by Crippen LogP contribution is -2.22. The molecule has 0 atom stereocenters. The molecule has 8 nitrogen and oxygen atoms in total. The number of nitrogens with one attached hydrogen (secondary N) is 2. The van der Waals surface area contributed by atoms with Gasteiger partial charge in [-0.25, -0.2) is 5.43 Å². The highest BCUT2D eigenvalue weighted by Gasteiger charge is 2.28. The number of methoxy groups -OCH3 is 2. The van der Waals surface area contributed by atoms with Crippen LogP contribution in [0.1, 0.15) is 56.2 Å². The van der Waals surface area contributed by atoms with Gasteiger partial charge < -0.3 is 19.2 Å². The molecule has 1 aliphatic carbocycles. The second kappa shape index (κ2) is 9.82. The van der Waals surface area contributed by atoms with Crippen molar-refractivity contribution in [1.82, 2.24) is 5.43 Å². The third kappa shape index (κ3) is 4.66. The van der Waals surface area contributed by atoms with Crippen LogP contribution in [0, 0.1) is 13.8 Å². The summed E-state index contributed by atoms with van der Waals surface area (Å²) in [5, 5.41) is 7.26. The minimum atomic E-state index is -0.365. The monoisotopic (exact) mass is 461 g/mol. The van der Waals surface area contributed by atoms with Crippen LogP contribution in [-0.2, 0) is 6.42 Å². The lowest BCUT2D eigenvalue weighted by molar-refractivity contribution is 0.0953. The standard InChI is InChI=1S/C26H27N3O5/c1-15-11-12-21(33-4)20(13-15)27-26(31)24-16(2)23-19(9-6-10-22(23)34-24)28-29-25(30)17-7-5-8-18(14-17)32-3/h5,7-8,11-14H,6,9-10H2,1-4H3,(H,27,31)(H,29,30)/b28-19+. The van der Waals surface area contributed by atoms with Gasteiger partial charge in [-0.05, 0) is 62.6 Å². The molecular formula is C26H27N3O5. The van der Waals surface area contributed by atoms with Gasteiger partial charge in [0.25, 0.3) is 11.8 Å². The molecule has 2 aromatic carbocycles. The van der Waals surface area contributed by atoms with Crippen molar-refractivity contribution in [3.8, 4) is 11.5 Å². The minimum absolute atomic E-state index is 0.224. The fourth-order valence-electron chi connectivity index (χ4n) is 4.04. The first kappa shape index (κ1) is 23.1. The predicted octanol–water partition coefficient (Wildman–Crippen LogP) is 4.64. The van der Waals surface area contributed by atoms with Gasteiger partial charge in [-0.2, -0.15) is 5.10 Å². The van der Waals surface area contributed by atoms with Gasteiger partial charge in [0, 0.05) is 23.1 Å². The highest BCUT2D eigenvalue weighted by Crippen LogP contribution is 2.31. The second-order valence-corrected chi connectivity index (χ2v) is 8.10. The molecule has 3 aromatic rings. The Morgan fingerprint density at radius 2 is 1.82 bits per heavy atom. The number of fused-ring (bicyclic) bond motifs is 1. The number of carbonyl (C=O) groups excluding carboxylic acids is 2. The van der Waals surface area contributed by atoms with E-state index in [4.69, 9.17) is 13.9 Å². The highest BCUT2D eigenvalue weighted by atomic mass is 16.5. The summed E-state index contributed by atoms with van der Waals surface area (Å²) in [6.07, 6.45) is 2.17. The van der Waals surface area contributed by atoms with Gasteiger partial charge in [0.1, 0.15) is 17.3 Å². The Labute approximate surface area is 197 Å². The van der Waals surface area contributed by atoms with Crippen LogP contribution in [-0.4, -0.2) is 31.7 Å². The number of aryl methyl sites for hydroxylation is 2. The maximum atomic E-state index is 13.1. The highest BCUT2D eigenvalue weighted by molar-refractivity contribution is 6.10. The summed E-state index contributed by atoms with van der Waals surface area (Å²) < 4.78 is 16.5. The fourth-order valence-corrected chi connectivity index (χ4v) is 4.04. The van der Waals surface area contributed by atoms with Crippen LogP contribution in [0.2, 0.25) is 0 Å². The topological polar surface area (TPSA) is 102 Å². The first-order valence-electron chi connectivity index (χ1n) is 11.0. The molecule has 2 N–H and O–H groups in total. The summed E-state index contributed by atoms with van der Waals surface area (Å²) >= 11 is 0. The molecule has 1 aromatic heterocycles. The predicted molar refractivity (Wildman–Crippen MR) is 129 cm³/mol. The number of furan rings is 1. The van der Waals surface area contributed by atoms with Crippen LogP contribution in [0.25, 0.3) is 0 Å². The fraction of sp³-hybridized carbons (Fsp3) is 0.269. The Balaban J connectivity index is 1.58. The van der Waals surface area contributed by atoms with Gasteiger partial charge in [0.05, 0.1) is 25.6 Å². The average Bonchev–Trinajstić information content (AvgIpc) is 3.20. The van der Waals surface area contributed by atoms with E-state index in [1.165, 1.54) is 0 Å². The number of hydrogen-bond acceptors (Lipinski definition) is 6. The maximum Gasteiger partial charge on any atom is 0.291 e. The van der Waals surface area contributed by atoms with Crippen LogP contribution < -0.4 is 20.2 Å². The maximum absolute atomic E-state index is 13.1. The third-order valence-electron chi connectivity index (χ3n) is 5.76. The second-order valence-electron chi connectivity index (χ2n) is 8.10. The molecule has 34 heavy (non-hydrogen) atoms. The van der Waals surface area contributed by atoms with Gasteiger partial charge in [-0.15, -0.1) is 0 Å². The van der Waals surface area contributed by atoms with Gasteiger partial charge in [-0.1, -0.05) is 12.1 Å². The van der Waals surface area contributed by atoms with Crippen LogP contribution in [0.3, 0.4) is 0 Å². The van der Waals surface area contributed by atoms with E-state index in [-0.39, 0.29) is 17.6 Å². The number of rotatable bonds is 6. The SMILES string of the molecule is COc1cccc(C(=O)N/N=C2\CCCc3oc(C(=O)Nc4cc(C)ccc4OC)c(C)c32)c1. The van der Waals surface area contributed by atoms with Crippen molar-refractivity contribution >= 4 is 23.2 Å². The van der Waals surface area contributed by atoms with Crippen molar-refractivity contribution < 1.29 is 23.5 Å². The molecule has 2 amide bonds. The summed E-state index contributed by atoms with van der Waals surface area (Å²) in [6.45, 7) is 3.77. The van der Waals surface area contributed by atoms with Crippen LogP contribution in [0.15, 0.2) is 52.0 Å². The Kier molecular flexibility index (Phi) is 6.67. The van der Waals surface area contributed by atoms with Gasteiger partial charge in [-0.3, -0.25) is 9.59 Å². The van der Waals surface area contributed by atoms with E-state index in [1.54, 1.807) is 44.6 Å². The first-order chi connectivity index (χ1) is 16.4. The van der Waals surface area contributed by atoms with Crippen molar-refractivity contribution in [2.75, 3.05) is 19.5 Å². The molecule has 1 aliphatic rings. The molecule has 0 fully saturated rings. The van der Waals surface area contributed by atoms with E-state index in [1.807, 2.05) is 26.0 Å². The smallest absolute Gasteiger partial charge is 0.291 e. The van der Waals surface area contributed by atoms with Crippen molar-refractivity contribution in [1.29, 1.82) is 0 Å². The number of anilines is 1. The van der Waals surface area contributed by atoms with E-state index in [0.717, 1.165) is 17.5 Å².